The highest BCUT2D eigenvalue weighted by molar-refractivity contribution is 6.29. The maximum atomic E-state index is 6.32. The Hall–Kier alpha value is -5.40. The molecule has 1 heterocycles. The third-order valence-electron chi connectivity index (χ3n) is 9.58. The molecule has 0 saturated heterocycles. The maximum absolute atomic E-state index is 6.32. The molecule has 0 saturated carbocycles. The molecule has 214 valence electrons. The first kappa shape index (κ1) is 26.0. The van der Waals surface area contributed by atoms with Crippen LogP contribution in [-0.4, -0.2) is 0 Å². The monoisotopic (exact) mass is 576 g/mol. The van der Waals surface area contributed by atoms with Gasteiger partial charge in [0.25, 0.3) is 0 Å². The fraction of sp³-hybridized carbons (Fsp3) is 0.0909. The molecule has 0 radical (unpaired) electrons. The molecule has 0 spiro atoms. The lowest BCUT2D eigenvalue weighted by Gasteiger charge is -2.23. The van der Waals surface area contributed by atoms with E-state index in [0.29, 0.717) is 0 Å². The Morgan fingerprint density at radius 2 is 1.00 bits per heavy atom. The van der Waals surface area contributed by atoms with Crippen molar-refractivity contribution in [2.24, 2.45) is 0 Å². The minimum absolute atomic E-state index is 0.0715. The van der Waals surface area contributed by atoms with Gasteiger partial charge in [-0.3, -0.25) is 0 Å². The summed E-state index contributed by atoms with van der Waals surface area (Å²) in [5.74, 6) is 0. The van der Waals surface area contributed by atoms with E-state index in [0.717, 1.165) is 21.9 Å². The molecule has 45 heavy (non-hydrogen) atoms. The Morgan fingerprint density at radius 1 is 0.400 bits per heavy atom. The lowest BCUT2D eigenvalue weighted by atomic mass is 9.81. The molecular formula is C44H32O. The van der Waals surface area contributed by atoms with Crippen molar-refractivity contribution in [3.05, 3.63) is 145 Å². The van der Waals surface area contributed by atoms with Gasteiger partial charge in [-0.15, -0.1) is 0 Å². The topological polar surface area (TPSA) is 13.1 Å². The first-order valence-corrected chi connectivity index (χ1v) is 15.8. The molecule has 1 aromatic heterocycles. The van der Waals surface area contributed by atoms with E-state index in [2.05, 4.69) is 154 Å². The Kier molecular flexibility index (Phi) is 5.53. The van der Waals surface area contributed by atoms with Crippen molar-refractivity contribution in [1.82, 2.24) is 0 Å². The van der Waals surface area contributed by atoms with Crippen LogP contribution < -0.4 is 0 Å². The second-order valence-corrected chi connectivity index (χ2v) is 13.3. The second-order valence-electron chi connectivity index (χ2n) is 13.3. The molecule has 0 bridgehead atoms. The largest absolute Gasteiger partial charge is 0.456 e. The average Bonchev–Trinajstić information content (AvgIpc) is 3.46. The zero-order valence-electron chi connectivity index (χ0n) is 25.7. The first-order valence-electron chi connectivity index (χ1n) is 15.8. The normalized spacial score (nSPS) is 12.3. The molecule has 0 unspecified atom stereocenters. The fourth-order valence-electron chi connectivity index (χ4n) is 7.38. The third kappa shape index (κ3) is 3.94. The van der Waals surface area contributed by atoms with Crippen molar-refractivity contribution in [3.8, 4) is 33.4 Å². The van der Waals surface area contributed by atoms with Gasteiger partial charge in [-0.2, -0.15) is 0 Å². The number of rotatable bonds is 3. The summed E-state index contributed by atoms with van der Waals surface area (Å²) in [5.41, 5.74) is 10.6. The van der Waals surface area contributed by atoms with Crippen LogP contribution in [0.3, 0.4) is 0 Å². The molecule has 0 aliphatic carbocycles. The van der Waals surface area contributed by atoms with Gasteiger partial charge in [0.1, 0.15) is 11.2 Å². The molecule has 9 aromatic rings. The van der Waals surface area contributed by atoms with Crippen molar-refractivity contribution in [3.63, 3.8) is 0 Å². The van der Waals surface area contributed by atoms with Gasteiger partial charge >= 0.3 is 0 Å². The highest BCUT2D eigenvalue weighted by atomic mass is 16.3. The van der Waals surface area contributed by atoms with E-state index >= 15 is 0 Å². The van der Waals surface area contributed by atoms with Crippen molar-refractivity contribution < 1.29 is 4.42 Å². The number of para-hydroxylation sites is 1. The first-order chi connectivity index (χ1) is 22.0. The summed E-state index contributed by atoms with van der Waals surface area (Å²) in [5, 5.41) is 10.2. The molecule has 1 heteroatoms. The van der Waals surface area contributed by atoms with Crippen LogP contribution in [0, 0.1) is 0 Å². The van der Waals surface area contributed by atoms with Crippen molar-refractivity contribution >= 4 is 54.3 Å². The van der Waals surface area contributed by atoms with Gasteiger partial charge in [-0.05, 0) is 94.9 Å². The SMILES string of the molecule is CC(C)(C)c1cc2ccc3c(-c4ccccc4)cc(-c4ccccc4-c4cccc5oc6ccccc6c45)c4ccc(c1)c2c34. The number of fused-ring (bicyclic) bond motifs is 3. The van der Waals surface area contributed by atoms with E-state index in [1.54, 1.807) is 0 Å². The lowest BCUT2D eigenvalue weighted by molar-refractivity contribution is 0.591. The number of benzene rings is 8. The quantitative estimate of drug-likeness (QED) is 0.191. The zero-order chi connectivity index (χ0) is 30.3. The molecule has 0 atom stereocenters. The number of hydrogen-bond acceptors (Lipinski definition) is 1. The van der Waals surface area contributed by atoms with Crippen molar-refractivity contribution in [1.29, 1.82) is 0 Å². The highest BCUT2D eigenvalue weighted by Gasteiger charge is 2.22. The zero-order valence-corrected chi connectivity index (χ0v) is 25.7. The highest BCUT2D eigenvalue weighted by Crippen LogP contribution is 2.47. The minimum atomic E-state index is 0.0715. The molecule has 0 N–H and O–H groups in total. The Morgan fingerprint density at radius 3 is 1.73 bits per heavy atom. The molecule has 8 aromatic carbocycles. The standard InChI is InChI=1S/C44H32O/c1-44(2,3)30-24-28-20-22-34-37(27-12-5-4-6-13-27)26-38(35-23-21-29(25-30)41(28)43(34)35)32-15-8-7-14-31(32)33-17-11-19-40-42(33)36-16-9-10-18-39(36)45-40/h4-26H,1-3H3. The lowest BCUT2D eigenvalue weighted by Crippen LogP contribution is -2.10. The predicted molar refractivity (Wildman–Crippen MR) is 192 cm³/mol. The summed E-state index contributed by atoms with van der Waals surface area (Å²) in [6.45, 7) is 6.89. The third-order valence-corrected chi connectivity index (χ3v) is 9.58. The predicted octanol–water partition coefficient (Wildman–Crippen LogP) is 12.8. The molecule has 1 nitrogen and oxygen atoms in total. The van der Waals surface area contributed by atoms with Gasteiger partial charge in [-0.25, -0.2) is 0 Å². The summed E-state index contributed by atoms with van der Waals surface area (Å²) in [6.07, 6.45) is 0. The van der Waals surface area contributed by atoms with Gasteiger partial charge in [-0.1, -0.05) is 142 Å². The van der Waals surface area contributed by atoms with E-state index < -0.39 is 0 Å². The number of hydrogen-bond donors (Lipinski definition) is 0. The van der Waals surface area contributed by atoms with Crippen molar-refractivity contribution in [2.45, 2.75) is 26.2 Å². The van der Waals surface area contributed by atoms with Gasteiger partial charge in [0.15, 0.2) is 0 Å². The Balaban J connectivity index is 1.41. The van der Waals surface area contributed by atoms with Gasteiger partial charge < -0.3 is 4.42 Å². The van der Waals surface area contributed by atoms with Crippen LogP contribution in [-0.2, 0) is 5.41 Å². The van der Waals surface area contributed by atoms with Crippen LogP contribution in [0.5, 0.6) is 0 Å². The molecule has 0 fully saturated rings. The molecule has 0 aliphatic rings. The van der Waals surface area contributed by atoms with E-state index in [4.69, 9.17) is 4.42 Å². The molecule has 9 rings (SSSR count). The molecule has 0 aliphatic heterocycles. The smallest absolute Gasteiger partial charge is 0.136 e. The summed E-state index contributed by atoms with van der Waals surface area (Å²) in [6, 6.07) is 51.1. The van der Waals surface area contributed by atoms with Crippen molar-refractivity contribution in [2.75, 3.05) is 0 Å². The Bertz CT molecular complexity index is 2540. The average molecular weight is 577 g/mol. The van der Waals surface area contributed by atoms with Crippen LogP contribution in [0.2, 0.25) is 0 Å². The second kappa shape index (κ2) is 9.55. The van der Waals surface area contributed by atoms with Gasteiger partial charge in [0.05, 0.1) is 0 Å². The van der Waals surface area contributed by atoms with Crippen LogP contribution in [0.15, 0.2) is 144 Å². The van der Waals surface area contributed by atoms with Gasteiger partial charge in [0.2, 0.25) is 0 Å². The van der Waals surface area contributed by atoms with Gasteiger partial charge in [0, 0.05) is 10.8 Å². The summed E-state index contributed by atoms with van der Waals surface area (Å²) < 4.78 is 6.32. The molecular weight excluding hydrogens is 544 g/mol. The van der Waals surface area contributed by atoms with Crippen LogP contribution in [0.4, 0.5) is 0 Å². The summed E-state index contributed by atoms with van der Waals surface area (Å²) in [7, 11) is 0. The van der Waals surface area contributed by atoms with Crippen LogP contribution in [0.1, 0.15) is 26.3 Å². The summed E-state index contributed by atoms with van der Waals surface area (Å²) >= 11 is 0. The fourth-order valence-corrected chi connectivity index (χ4v) is 7.38. The number of furan rings is 1. The van der Waals surface area contributed by atoms with Crippen LogP contribution in [0.25, 0.3) is 87.6 Å². The summed E-state index contributed by atoms with van der Waals surface area (Å²) in [4.78, 5) is 0. The van der Waals surface area contributed by atoms with Crippen LogP contribution >= 0.6 is 0 Å². The van der Waals surface area contributed by atoms with E-state index in [1.807, 2.05) is 6.07 Å². The van der Waals surface area contributed by atoms with E-state index in [-0.39, 0.29) is 5.41 Å². The Labute approximate surface area is 262 Å². The van der Waals surface area contributed by atoms with E-state index in [1.165, 1.54) is 71.3 Å². The van der Waals surface area contributed by atoms with E-state index in [9.17, 15) is 0 Å². The maximum Gasteiger partial charge on any atom is 0.136 e. The minimum Gasteiger partial charge on any atom is -0.456 e. The molecule has 0 amide bonds.